The van der Waals surface area contributed by atoms with E-state index in [2.05, 4.69) is 30.2 Å². The Balaban J connectivity index is 1.42. The summed E-state index contributed by atoms with van der Waals surface area (Å²) in [5.41, 5.74) is -0.459. The van der Waals surface area contributed by atoms with E-state index in [1.807, 2.05) is 6.92 Å². The Kier molecular flexibility index (Phi) is 7.67. The van der Waals surface area contributed by atoms with E-state index in [4.69, 9.17) is 12.2 Å². The summed E-state index contributed by atoms with van der Waals surface area (Å²) in [5.74, 6) is -2.36. The Bertz CT molecular complexity index is 1120. The number of hydrazone groups is 1. The first-order valence-electron chi connectivity index (χ1n) is 11.3. The maximum absolute atomic E-state index is 13.8. The number of thiazole rings is 1. The van der Waals surface area contributed by atoms with Gasteiger partial charge in [0.25, 0.3) is 5.91 Å². The van der Waals surface area contributed by atoms with Crippen molar-refractivity contribution in [3.63, 3.8) is 0 Å². The van der Waals surface area contributed by atoms with Crippen LogP contribution in [0.5, 0.6) is 0 Å². The molecule has 35 heavy (non-hydrogen) atoms. The van der Waals surface area contributed by atoms with Crippen molar-refractivity contribution in [3.05, 3.63) is 24.3 Å². The summed E-state index contributed by atoms with van der Waals surface area (Å²) in [6.07, 6.45) is -4.76. The largest absolute Gasteiger partial charge is 0.432 e. The van der Waals surface area contributed by atoms with Gasteiger partial charge in [-0.1, -0.05) is 23.5 Å². The lowest BCUT2D eigenvalue weighted by molar-refractivity contribution is -0.119. The maximum Gasteiger partial charge on any atom is 0.432 e. The average molecular weight is 526 g/mol. The summed E-state index contributed by atoms with van der Waals surface area (Å²) >= 11 is 6.46. The van der Waals surface area contributed by atoms with Crippen molar-refractivity contribution < 1.29 is 18.0 Å². The fraction of sp³-hybridized carbons (Fsp3) is 0.500. The highest BCUT2D eigenvalue weighted by atomic mass is 32.1. The Morgan fingerprint density at radius 2 is 1.97 bits per heavy atom. The first kappa shape index (κ1) is 25.5. The molecule has 4 rings (SSSR count). The summed E-state index contributed by atoms with van der Waals surface area (Å²) < 4.78 is 42.2. The summed E-state index contributed by atoms with van der Waals surface area (Å²) in [7, 11) is 0. The van der Waals surface area contributed by atoms with Gasteiger partial charge in [-0.15, -0.1) is 0 Å². The van der Waals surface area contributed by atoms with Crippen LogP contribution in [0.15, 0.2) is 34.4 Å². The van der Waals surface area contributed by atoms with E-state index in [1.165, 1.54) is 6.92 Å². The van der Waals surface area contributed by atoms with Gasteiger partial charge in [0, 0.05) is 45.0 Å². The molecule has 8 nitrogen and oxygen atoms in total. The first-order chi connectivity index (χ1) is 16.7. The van der Waals surface area contributed by atoms with Crippen molar-refractivity contribution in [1.82, 2.24) is 20.1 Å². The highest BCUT2D eigenvalue weighted by molar-refractivity contribution is 7.80. The van der Waals surface area contributed by atoms with Crippen molar-refractivity contribution in [1.29, 1.82) is 0 Å². The Morgan fingerprint density at radius 3 is 2.63 bits per heavy atom. The lowest BCUT2D eigenvalue weighted by Gasteiger charge is -2.35. The van der Waals surface area contributed by atoms with E-state index in [0.717, 1.165) is 58.9 Å². The number of carbonyl (C=O) groups is 1. The molecule has 13 heteroatoms. The van der Waals surface area contributed by atoms with Gasteiger partial charge >= 0.3 is 6.18 Å². The topological polar surface area (TPSA) is 76.4 Å². The number of amides is 1. The van der Waals surface area contributed by atoms with Gasteiger partial charge < -0.3 is 10.2 Å². The number of para-hydroxylation sites is 1. The number of halogens is 3. The van der Waals surface area contributed by atoms with Crippen LogP contribution < -0.4 is 10.3 Å². The Labute approximate surface area is 210 Å². The second-order valence-electron chi connectivity index (χ2n) is 8.22. The van der Waals surface area contributed by atoms with Gasteiger partial charge in [0.05, 0.1) is 16.8 Å². The van der Waals surface area contributed by atoms with E-state index in [-0.39, 0.29) is 10.8 Å². The van der Waals surface area contributed by atoms with Gasteiger partial charge in [0.15, 0.2) is 10.8 Å². The Hall–Kier alpha value is -2.64. The van der Waals surface area contributed by atoms with Crippen LogP contribution >= 0.6 is 23.6 Å². The molecule has 188 valence electrons. The second kappa shape index (κ2) is 10.5. The third-order valence-electron chi connectivity index (χ3n) is 5.87. The summed E-state index contributed by atoms with van der Waals surface area (Å²) in [6.45, 7) is 8.21. The smallest absolute Gasteiger partial charge is 0.363 e. The quantitative estimate of drug-likeness (QED) is 0.461. The van der Waals surface area contributed by atoms with E-state index < -0.39 is 23.7 Å². The summed E-state index contributed by atoms with van der Waals surface area (Å²) in [6, 6.07) is 7.11. The van der Waals surface area contributed by atoms with Crippen molar-refractivity contribution in [3.8, 4) is 0 Å². The number of hydrogen-bond donors (Lipinski definition) is 1. The van der Waals surface area contributed by atoms with Gasteiger partial charge in [-0.05, 0) is 38.2 Å². The van der Waals surface area contributed by atoms with Crippen molar-refractivity contribution in [2.45, 2.75) is 20.0 Å². The van der Waals surface area contributed by atoms with E-state index in [1.54, 1.807) is 24.3 Å². The number of hydrogen-bond acceptors (Lipinski definition) is 7. The van der Waals surface area contributed by atoms with Crippen LogP contribution in [0, 0.1) is 5.92 Å². The number of piperazine rings is 1. The van der Waals surface area contributed by atoms with Crippen LogP contribution in [0.25, 0.3) is 10.2 Å². The third kappa shape index (κ3) is 5.62. The number of carbonyl (C=O) groups excluding carboxylic acids is 1. The molecule has 1 aromatic heterocycles. The monoisotopic (exact) mass is 525 g/mol. The molecule has 0 spiro atoms. The molecule has 0 radical (unpaired) electrons. The highest BCUT2D eigenvalue weighted by Gasteiger charge is 2.52. The van der Waals surface area contributed by atoms with Gasteiger partial charge in [0.1, 0.15) is 5.92 Å². The van der Waals surface area contributed by atoms with Crippen molar-refractivity contribution >= 4 is 61.3 Å². The highest BCUT2D eigenvalue weighted by Crippen LogP contribution is 2.36. The van der Waals surface area contributed by atoms with E-state index >= 15 is 0 Å². The fourth-order valence-electron chi connectivity index (χ4n) is 4.04. The first-order valence-corrected chi connectivity index (χ1v) is 12.5. The van der Waals surface area contributed by atoms with Crippen LogP contribution in [0.3, 0.4) is 0 Å². The molecule has 1 unspecified atom stereocenters. The molecule has 1 fully saturated rings. The summed E-state index contributed by atoms with van der Waals surface area (Å²) in [4.78, 5) is 26.0. The molecule has 0 saturated carbocycles. The predicted octanol–water partition coefficient (Wildman–Crippen LogP) is 3.15. The van der Waals surface area contributed by atoms with Crippen LogP contribution in [0.1, 0.15) is 13.8 Å². The average Bonchev–Trinajstić information content (AvgIpc) is 3.40. The van der Waals surface area contributed by atoms with E-state index in [0.29, 0.717) is 18.6 Å². The lowest BCUT2D eigenvalue weighted by Crippen LogP contribution is -2.52. The van der Waals surface area contributed by atoms with Gasteiger partial charge in [-0.25, -0.2) is 4.98 Å². The maximum atomic E-state index is 13.8. The van der Waals surface area contributed by atoms with Gasteiger partial charge in [-0.3, -0.25) is 14.7 Å². The molecular formula is C22H26F3N7OS2. The van der Waals surface area contributed by atoms with E-state index in [9.17, 15) is 18.0 Å². The second-order valence-corrected chi connectivity index (χ2v) is 9.61. The number of fused-ring (bicyclic) bond motifs is 1. The minimum Gasteiger partial charge on any atom is -0.363 e. The standard InChI is InChI=1S/C22H26F3N7OS2/c1-3-26-20(34)31-12-10-30(11-13-31)9-8-27-14(2)17-18(22(23,24)25)29-32(19(17)33)21-28-15-6-4-5-7-16(15)35-21/h4-7,17H,3,8-13H2,1-2H3,(H,26,34). The molecule has 2 aliphatic rings. The number of thiocarbonyl (C=S) groups is 1. The number of nitrogens with zero attached hydrogens (tertiary/aromatic N) is 6. The molecular weight excluding hydrogens is 499 g/mol. The molecule has 0 bridgehead atoms. The molecule has 0 aliphatic carbocycles. The number of rotatable bonds is 6. The molecule has 2 aliphatic heterocycles. The zero-order chi connectivity index (χ0) is 25.2. The lowest BCUT2D eigenvalue weighted by atomic mass is 9.98. The van der Waals surface area contributed by atoms with Gasteiger partial charge in [0.2, 0.25) is 5.13 Å². The SMILES string of the molecule is CCNC(=S)N1CCN(CCN=C(C)C2C(=O)N(c3nc4ccccc4s3)N=C2C(F)(F)F)CC1. The fourth-order valence-corrected chi connectivity index (χ4v) is 5.28. The number of nitrogens with one attached hydrogen (secondary N) is 1. The van der Waals surface area contributed by atoms with Crippen LogP contribution in [0.4, 0.5) is 18.3 Å². The van der Waals surface area contributed by atoms with Gasteiger partial charge in [-0.2, -0.15) is 23.3 Å². The summed E-state index contributed by atoms with van der Waals surface area (Å²) in [5, 5.41) is 8.41. The third-order valence-corrected chi connectivity index (χ3v) is 7.29. The zero-order valence-corrected chi connectivity index (χ0v) is 21.0. The minimum atomic E-state index is -4.76. The number of benzene rings is 1. The Morgan fingerprint density at radius 1 is 1.26 bits per heavy atom. The number of alkyl halides is 3. The van der Waals surface area contributed by atoms with Crippen LogP contribution in [0.2, 0.25) is 0 Å². The predicted molar refractivity (Wildman–Crippen MR) is 136 cm³/mol. The number of aliphatic imine (C=N–C) groups is 1. The molecule has 1 atom stereocenters. The minimum absolute atomic E-state index is 0.0987. The molecule has 2 aromatic rings. The molecule has 1 aromatic carbocycles. The van der Waals surface area contributed by atoms with Crippen LogP contribution in [-0.4, -0.2) is 89.2 Å². The van der Waals surface area contributed by atoms with Crippen molar-refractivity contribution in [2.24, 2.45) is 16.0 Å². The normalized spacial score (nSPS) is 20.0. The zero-order valence-electron chi connectivity index (χ0n) is 19.4. The molecule has 1 saturated heterocycles. The molecule has 1 amide bonds. The number of anilines is 1. The number of aromatic nitrogens is 1. The van der Waals surface area contributed by atoms with Crippen molar-refractivity contribution in [2.75, 3.05) is 50.8 Å². The molecule has 1 N–H and O–H groups in total. The molecule has 3 heterocycles. The van der Waals surface area contributed by atoms with Crippen LogP contribution in [-0.2, 0) is 4.79 Å².